The van der Waals surface area contributed by atoms with Gasteiger partial charge >= 0.3 is 0 Å². The molecule has 5 nitrogen and oxygen atoms in total. The summed E-state index contributed by atoms with van der Waals surface area (Å²) in [6, 6.07) is 11.9. The van der Waals surface area contributed by atoms with Crippen LogP contribution in [0.3, 0.4) is 0 Å². The van der Waals surface area contributed by atoms with Crippen molar-refractivity contribution in [3.63, 3.8) is 0 Å². The normalized spacial score (nSPS) is 25.7. The minimum absolute atomic E-state index is 0.0921. The van der Waals surface area contributed by atoms with Crippen LogP contribution in [0.1, 0.15) is 40.0 Å². The molecule has 0 saturated carbocycles. The molecule has 2 aliphatic rings. The molecule has 3 atom stereocenters. The van der Waals surface area contributed by atoms with Crippen molar-refractivity contribution in [1.82, 2.24) is 10.6 Å². The van der Waals surface area contributed by atoms with Crippen LogP contribution < -0.4 is 16.4 Å². The van der Waals surface area contributed by atoms with Crippen molar-refractivity contribution in [1.29, 1.82) is 0 Å². The smallest absolute Gasteiger partial charge is 0.251 e. The van der Waals surface area contributed by atoms with E-state index in [1.807, 2.05) is 12.1 Å². The Kier molecular flexibility index (Phi) is 3.31. The Hall–Kier alpha value is -2.40. The van der Waals surface area contributed by atoms with E-state index in [0.717, 1.165) is 23.6 Å². The first-order valence-electron chi connectivity index (χ1n) is 8.01. The van der Waals surface area contributed by atoms with Gasteiger partial charge in [-0.15, -0.1) is 0 Å². The third kappa shape index (κ3) is 2.47. The number of primary amides is 1. The molecule has 5 heteroatoms. The number of amides is 2. The van der Waals surface area contributed by atoms with Crippen molar-refractivity contribution in [3.8, 4) is 0 Å². The number of fused-ring (bicyclic) bond motifs is 3. The van der Waals surface area contributed by atoms with Crippen LogP contribution in [0.2, 0.25) is 0 Å². The highest BCUT2D eigenvalue weighted by molar-refractivity contribution is 6.08. The zero-order valence-corrected chi connectivity index (χ0v) is 12.7. The van der Waals surface area contributed by atoms with E-state index in [2.05, 4.69) is 10.6 Å². The monoisotopic (exact) mass is 309 g/mol. The lowest BCUT2D eigenvalue weighted by molar-refractivity contribution is 0.0929. The van der Waals surface area contributed by atoms with Crippen molar-refractivity contribution < 1.29 is 9.59 Å². The van der Waals surface area contributed by atoms with Gasteiger partial charge in [-0.3, -0.25) is 9.59 Å². The summed E-state index contributed by atoms with van der Waals surface area (Å²) >= 11 is 0. The second kappa shape index (κ2) is 5.35. The Bertz CT molecular complexity index is 802. The lowest BCUT2D eigenvalue weighted by atomic mass is 9.95. The Morgan fingerprint density at radius 3 is 2.74 bits per heavy atom. The molecule has 118 valence electrons. The van der Waals surface area contributed by atoms with Crippen molar-refractivity contribution >= 4 is 22.6 Å². The molecular weight excluding hydrogens is 290 g/mol. The van der Waals surface area contributed by atoms with Gasteiger partial charge < -0.3 is 16.4 Å². The summed E-state index contributed by atoms with van der Waals surface area (Å²) in [6.07, 6.45) is 3.32. The van der Waals surface area contributed by atoms with Crippen molar-refractivity contribution in [3.05, 3.63) is 47.5 Å². The minimum Gasteiger partial charge on any atom is -0.366 e. The summed E-state index contributed by atoms with van der Waals surface area (Å²) in [5, 5.41) is 8.26. The summed E-state index contributed by atoms with van der Waals surface area (Å²) < 4.78 is 0. The van der Waals surface area contributed by atoms with Crippen LogP contribution in [-0.4, -0.2) is 29.9 Å². The van der Waals surface area contributed by atoms with Gasteiger partial charge in [0.05, 0.1) is 0 Å². The molecule has 2 bridgehead atoms. The van der Waals surface area contributed by atoms with Crippen LogP contribution in [0.5, 0.6) is 0 Å². The molecule has 2 aromatic rings. The molecule has 2 saturated heterocycles. The Morgan fingerprint density at radius 2 is 2.04 bits per heavy atom. The average molecular weight is 309 g/mol. The first kappa shape index (κ1) is 14.2. The van der Waals surface area contributed by atoms with Gasteiger partial charge in [-0.05, 0) is 48.2 Å². The summed E-state index contributed by atoms with van der Waals surface area (Å²) in [5.41, 5.74) is 6.44. The van der Waals surface area contributed by atoms with Gasteiger partial charge in [0, 0.05) is 29.3 Å². The first-order valence-corrected chi connectivity index (χ1v) is 8.01. The summed E-state index contributed by atoms with van der Waals surface area (Å²) in [7, 11) is 0. The highest BCUT2D eigenvalue weighted by Crippen LogP contribution is 2.28. The molecular formula is C18H19N3O2. The zero-order chi connectivity index (χ0) is 16.0. The maximum Gasteiger partial charge on any atom is 0.251 e. The molecule has 0 aromatic heterocycles. The average Bonchev–Trinajstić information content (AvgIpc) is 3.16. The van der Waals surface area contributed by atoms with Crippen LogP contribution in [0, 0.1) is 0 Å². The van der Waals surface area contributed by atoms with Crippen LogP contribution in [-0.2, 0) is 0 Å². The fourth-order valence-corrected chi connectivity index (χ4v) is 3.86. The minimum atomic E-state index is -0.481. The van der Waals surface area contributed by atoms with E-state index in [0.29, 0.717) is 23.2 Å². The standard InChI is InChI=1S/C18H19N3O2/c19-17(22)13-3-1-2-10-4-5-11(8-14(10)13)18(23)21-16-9-12-6-7-15(16)20-12/h1-5,8,12,15-16,20H,6-7,9H2,(H2,19,22)(H,21,23)/t12-,15+,16-/m1/s1. The first-order chi connectivity index (χ1) is 11.1. The fraction of sp³-hybridized carbons (Fsp3) is 0.333. The number of hydrogen-bond acceptors (Lipinski definition) is 3. The zero-order valence-electron chi connectivity index (χ0n) is 12.7. The SMILES string of the molecule is NC(=O)c1cccc2ccc(C(=O)N[C@@H]3C[C@H]4CC[C@@H]3N4)cc12. The summed E-state index contributed by atoms with van der Waals surface area (Å²) in [5.74, 6) is -0.573. The third-order valence-corrected chi connectivity index (χ3v) is 5.03. The molecule has 0 aliphatic carbocycles. The van der Waals surface area contributed by atoms with Gasteiger partial charge in [-0.2, -0.15) is 0 Å². The van der Waals surface area contributed by atoms with E-state index in [1.165, 1.54) is 6.42 Å². The van der Waals surface area contributed by atoms with Crippen LogP contribution in [0.15, 0.2) is 36.4 Å². The largest absolute Gasteiger partial charge is 0.366 e. The van der Waals surface area contributed by atoms with Crippen LogP contribution in [0.4, 0.5) is 0 Å². The molecule has 2 aliphatic heterocycles. The molecule has 0 spiro atoms. The van der Waals surface area contributed by atoms with Gasteiger partial charge in [0.1, 0.15) is 0 Å². The predicted molar refractivity (Wildman–Crippen MR) is 88.3 cm³/mol. The van der Waals surface area contributed by atoms with Crippen LogP contribution >= 0.6 is 0 Å². The highest BCUT2D eigenvalue weighted by Gasteiger charge is 2.39. The summed E-state index contributed by atoms with van der Waals surface area (Å²) in [6.45, 7) is 0. The Labute approximate surface area is 134 Å². The molecule has 0 radical (unpaired) electrons. The Morgan fingerprint density at radius 1 is 1.17 bits per heavy atom. The lowest BCUT2D eigenvalue weighted by Gasteiger charge is -2.21. The number of benzene rings is 2. The second-order valence-corrected chi connectivity index (χ2v) is 6.47. The quantitative estimate of drug-likeness (QED) is 0.804. The molecule has 2 amide bonds. The van der Waals surface area contributed by atoms with Crippen LogP contribution in [0.25, 0.3) is 10.8 Å². The molecule has 2 heterocycles. The second-order valence-electron chi connectivity index (χ2n) is 6.47. The molecule has 2 fully saturated rings. The van der Waals surface area contributed by atoms with Gasteiger partial charge in [-0.25, -0.2) is 0 Å². The maximum atomic E-state index is 12.5. The van der Waals surface area contributed by atoms with Gasteiger partial charge in [0.2, 0.25) is 5.91 Å². The Balaban J connectivity index is 1.62. The van der Waals surface area contributed by atoms with E-state index < -0.39 is 5.91 Å². The van der Waals surface area contributed by atoms with Gasteiger partial charge in [-0.1, -0.05) is 18.2 Å². The number of carbonyl (C=O) groups is 2. The maximum absolute atomic E-state index is 12.5. The third-order valence-electron chi connectivity index (χ3n) is 5.03. The van der Waals surface area contributed by atoms with Crippen molar-refractivity contribution in [2.75, 3.05) is 0 Å². The van der Waals surface area contributed by atoms with Crippen molar-refractivity contribution in [2.45, 2.75) is 37.4 Å². The molecule has 0 unspecified atom stereocenters. The van der Waals surface area contributed by atoms with Crippen molar-refractivity contribution in [2.24, 2.45) is 5.73 Å². The molecule has 2 aromatic carbocycles. The number of carbonyl (C=O) groups excluding carboxylic acids is 2. The predicted octanol–water partition coefficient (Wildman–Crippen LogP) is 1.56. The van der Waals surface area contributed by atoms with E-state index in [4.69, 9.17) is 5.73 Å². The fourth-order valence-electron chi connectivity index (χ4n) is 3.86. The summed E-state index contributed by atoms with van der Waals surface area (Å²) in [4.78, 5) is 24.1. The van der Waals surface area contributed by atoms with Gasteiger partial charge in [0.15, 0.2) is 0 Å². The van der Waals surface area contributed by atoms with E-state index >= 15 is 0 Å². The molecule has 23 heavy (non-hydrogen) atoms. The lowest BCUT2D eigenvalue weighted by Crippen LogP contribution is -2.42. The van der Waals surface area contributed by atoms with E-state index in [-0.39, 0.29) is 11.9 Å². The number of hydrogen-bond donors (Lipinski definition) is 3. The highest BCUT2D eigenvalue weighted by atomic mass is 16.2. The van der Waals surface area contributed by atoms with E-state index in [9.17, 15) is 9.59 Å². The van der Waals surface area contributed by atoms with Gasteiger partial charge in [0.25, 0.3) is 5.91 Å². The molecule has 4 N–H and O–H groups in total. The van der Waals surface area contributed by atoms with E-state index in [1.54, 1.807) is 24.3 Å². The number of nitrogens with two attached hydrogens (primary N) is 1. The topological polar surface area (TPSA) is 84.2 Å². The number of rotatable bonds is 3. The number of nitrogens with one attached hydrogen (secondary N) is 2. The molecule has 4 rings (SSSR count).